The molecule has 7 heteroatoms. The summed E-state index contributed by atoms with van der Waals surface area (Å²) in [7, 11) is 0. The fourth-order valence-corrected chi connectivity index (χ4v) is 2.76. The van der Waals surface area contributed by atoms with Gasteiger partial charge in [0.25, 0.3) is 5.91 Å². The zero-order valence-electron chi connectivity index (χ0n) is 11.0. The first kappa shape index (κ1) is 14.0. The fraction of sp³-hybridized carbons (Fsp3) is 0.286. The smallest absolute Gasteiger partial charge is 0.273 e. The molecule has 2 aromatic rings. The number of nitrogens with zero attached hydrogens (tertiary/aromatic N) is 2. The van der Waals surface area contributed by atoms with Gasteiger partial charge in [0.05, 0.1) is 18.6 Å². The van der Waals surface area contributed by atoms with Gasteiger partial charge < -0.3 is 14.7 Å². The second-order valence-electron chi connectivity index (χ2n) is 4.76. The second-order valence-corrected chi connectivity index (χ2v) is 5.48. The maximum atomic E-state index is 13.1. The van der Waals surface area contributed by atoms with Gasteiger partial charge in [-0.1, -0.05) is 6.07 Å². The number of carbonyl (C=O) groups excluding carboxylic acids is 1. The molecule has 1 saturated heterocycles. The Morgan fingerprint density at radius 3 is 3.05 bits per heavy atom. The van der Waals surface area contributed by atoms with Gasteiger partial charge in [-0.05, 0) is 12.1 Å². The van der Waals surface area contributed by atoms with Crippen LogP contribution in [0.3, 0.4) is 0 Å². The maximum absolute atomic E-state index is 13.1. The summed E-state index contributed by atoms with van der Waals surface area (Å²) in [5.41, 5.74) is 1.94. The molecule has 1 amide bonds. The number of aliphatic hydroxyl groups excluding tert-OH is 1. The van der Waals surface area contributed by atoms with Crippen molar-refractivity contribution >= 4 is 17.2 Å². The number of ether oxygens (including phenoxy) is 1. The van der Waals surface area contributed by atoms with Gasteiger partial charge in [0.15, 0.2) is 0 Å². The van der Waals surface area contributed by atoms with Gasteiger partial charge in [-0.2, -0.15) is 0 Å². The van der Waals surface area contributed by atoms with Crippen molar-refractivity contribution in [2.75, 3.05) is 13.1 Å². The molecule has 110 valence electrons. The number of rotatable bonds is 3. The van der Waals surface area contributed by atoms with Crippen molar-refractivity contribution in [1.82, 2.24) is 9.88 Å². The van der Waals surface area contributed by atoms with Crippen LogP contribution in [0.15, 0.2) is 35.2 Å². The molecule has 1 aromatic heterocycles. The predicted octanol–water partition coefficient (Wildman–Crippen LogP) is 1.55. The van der Waals surface area contributed by atoms with Crippen LogP contribution in [-0.4, -0.2) is 46.2 Å². The quantitative estimate of drug-likeness (QED) is 0.934. The highest BCUT2D eigenvalue weighted by molar-refractivity contribution is 7.07. The Morgan fingerprint density at radius 1 is 1.48 bits per heavy atom. The molecule has 0 aliphatic carbocycles. The third-order valence-corrected chi connectivity index (χ3v) is 3.85. The van der Waals surface area contributed by atoms with Crippen molar-refractivity contribution in [3.8, 4) is 5.75 Å². The minimum Gasteiger partial charge on any atom is -0.486 e. The van der Waals surface area contributed by atoms with E-state index in [4.69, 9.17) is 4.74 Å². The van der Waals surface area contributed by atoms with E-state index in [0.29, 0.717) is 11.4 Å². The normalized spacial score (nSPS) is 21.5. The van der Waals surface area contributed by atoms with Crippen molar-refractivity contribution in [2.24, 2.45) is 0 Å². The average Bonchev–Trinajstić information content (AvgIpc) is 3.09. The number of hydrogen-bond donors (Lipinski definition) is 1. The number of benzene rings is 1. The Hall–Kier alpha value is -1.99. The van der Waals surface area contributed by atoms with Crippen LogP contribution in [-0.2, 0) is 0 Å². The van der Waals surface area contributed by atoms with Crippen molar-refractivity contribution in [2.45, 2.75) is 12.2 Å². The molecule has 0 unspecified atom stereocenters. The van der Waals surface area contributed by atoms with E-state index in [1.807, 2.05) is 0 Å². The Bertz CT molecular complexity index is 635. The van der Waals surface area contributed by atoms with Crippen LogP contribution >= 0.6 is 11.3 Å². The molecule has 1 aliphatic rings. The van der Waals surface area contributed by atoms with Crippen molar-refractivity contribution in [1.29, 1.82) is 0 Å². The third-order valence-electron chi connectivity index (χ3n) is 3.26. The summed E-state index contributed by atoms with van der Waals surface area (Å²) < 4.78 is 18.7. The van der Waals surface area contributed by atoms with Gasteiger partial charge in [0.1, 0.15) is 29.5 Å². The number of carbonyl (C=O) groups is 1. The van der Waals surface area contributed by atoms with Crippen LogP contribution in [0, 0.1) is 5.82 Å². The monoisotopic (exact) mass is 308 g/mol. The summed E-state index contributed by atoms with van der Waals surface area (Å²) in [6.07, 6.45) is -1.38. The Labute approximate surface area is 124 Å². The summed E-state index contributed by atoms with van der Waals surface area (Å²) in [5, 5.41) is 11.7. The summed E-state index contributed by atoms with van der Waals surface area (Å²) in [6, 6.07) is 5.71. The lowest BCUT2D eigenvalue weighted by Gasteiger charge is -2.16. The molecule has 0 radical (unpaired) electrons. The average molecular weight is 308 g/mol. The van der Waals surface area contributed by atoms with E-state index in [9.17, 15) is 14.3 Å². The van der Waals surface area contributed by atoms with Gasteiger partial charge >= 0.3 is 0 Å². The number of β-amino-alcohol motifs (C(OH)–C–C–N with tert-alkyl or cyclic N) is 1. The van der Waals surface area contributed by atoms with Gasteiger partial charge in [-0.3, -0.25) is 4.79 Å². The lowest BCUT2D eigenvalue weighted by Crippen LogP contribution is -2.31. The molecule has 2 atom stereocenters. The van der Waals surface area contributed by atoms with Gasteiger partial charge in [-0.15, -0.1) is 11.3 Å². The molecule has 0 saturated carbocycles. The highest BCUT2D eigenvalue weighted by atomic mass is 32.1. The van der Waals surface area contributed by atoms with E-state index < -0.39 is 18.0 Å². The number of aliphatic hydroxyl groups is 1. The molecule has 0 bridgehead atoms. The topological polar surface area (TPSA) is 62.7 Å². The number of hydrogen-bond acceptors (Lipinski definition) is 5. The number of likely N-dealkylation sites (tertiary alicyclic amines) is 1. The minimum atomic E-state index is -0.809. The summed E-state index contributed by atoms with van der Waals surface area (Å²) in [5.74, 6) is -0.307. The second kappa shape index (κ2) is 5.79. The van der Waals surface area contributed by atoms with Gasteiger partial charge in [0.2, 0.25) is 0 Å². The van der Waals surface area contributed by atoms with Crippen LogP contribution in [0.1, 0.15) is 10.5 Å². The van der Waals surface area contributed by atoms with Crippen LogP contribution < -0.4 is 4.74 Å². The summed E-state index contributed by atoms with van der Waals surface area (Å²) in [4.78, 5) is 17.6. The first-order chi connectivity index (χ1) is 10.1. The van der Waals surface area contributed by atoms with Crippen LogP contribution in [0.2, 0.25) is 0 Å². The van der Waals surface area contributed by atoms with Crippen LogP contribution in [0.4, 0.5) is 4.39 Å². The lowest BCUT2D eigenvalue weighted by atomic mass is 10.2. The minimum absolute atomic E-state index is 0.177. The Kier molecular flexibility index (Phi) is 3.85. The molecule has 0 spiro atoms. The number of aromatic nitrogens is 1. The number of thiazole rings is 1. The third kappa shape index (κ3) is 3.03. The molecule has 1 aromatic carbocycles. The predicted molar refractivity (Wildman–Crippen MR) is 74.8 cm³/mol. The summed E-state index contributed by atoms with van der Waals surface area (Å²) >= 11 is 1.34. The molecule has 3 rings (SSSR count). The molecule has 1 fully saturated rings. The largest absolute Gasteiger partial charge is 0.486 e. The number of amides is 1. The van der Waals surface area contributed by atoms with Crippen LogP contribution in [0.5, 0.6) is 5.75 Å². The first-order valence-corrected chi connectivity index (χ1v) is 7.35. The highest BCUT2D eigenvalue weighted by Gasteiger charge is 2.36. The van der Waals surface area contributed by atoms with E-state index >= 15 is 0 Å². The summed E-state index contributed by atoms with van der Waals surface area (Å²) in [6.45, 7) is 0.421. The lowest BCUT2D eigenvalue weighted by molar-refractivity contribution is 0.0727. The van der Waals surface area contributed by atoms with E-state index in [0.717, 1.165) is 0 Å². The van der Waals surface area contributed by atoms with E-state index in [2.05, 4.69) is 4.98 Å². The van der Waals surface area contributed by atoms with Crippen molar-refractivity contribution in [3.63, 3.8) is 0 Å². The zero-order valence-corrected chi connectivity index (χ0v) is 11.8. The molecule has 21 heavy (non-hydrogen) atoms. The Morgan fingerprint density at radius 2 is 2.33 bits per heavy atom. The molecular weight excluding hydrogens is 295 g/mol. The van der Waals surface area contributed by atoms with Crippen molar-refractivity contribution in [3.05, 3.63) is 46.7 Å². The Balaban J connectivity index is 1.67. The van der Waals surface area contributed by atoms with Gasteiger partial charge in [-0.25, -0.2) is 9.37 Å². The van der Waals surface area contributed by atoms with E-state index in [-0.39, 0.29) is 19.0 Å². The SMILES string of the molecule is O=C(c1cscn1)N1C[C@@H](O)[C@H](Oc2cccc(F)c2)C1. The standard InChI is InChI=1S/C14H13FN2O3S/c15-9-2-1-3-10(4-9)20-13-6-17(5-12(13)18)14(19)11-7-21-8-16-11/h1-4,7-8,12-13,18H,5-6H2/t12-,13-/m1/s1. The van der Waals surface area contributed by atoms with Crippen LogP contribution in [0.25, 0.3) is 0 Å². The number of halogens is 1. The molecule has 2 heterocycles. The van der Waals surface area contributed by atoms with Crippen molar-refractivity contribution < 1.29 is 19.0 Å². The first-order valence-electron chi connectivity index (χ1n) is 6.41. The van der Waals surface area contributed by atoms with E-state index in [1.165, 1.54) is 34.4 Å². The fourth-order valence-electron chi connectivity index (χ4n) is 2.23. The van der Waals surface area contributed by atoms with Gasteiger partial charge in [0, 0.05) is 11.4 Å². The zero-order chi connectivity index (χ0) is 14.8. The molecule has 1 aliphatic heterocycles. The highest BCUT2D eigenvalue weighted by Crippen LogP contribution is 2.21. The molecular formula is C14H13FN2O3S. The maximum Gasteiger partial charge on any atom is 0.273 e. The van der Waals surface area contributed by atoms with E-state index in [1.54, 1.807) is 17.0 Å². The molecule has 5 nitrogen and oxygen atoms in total. The molecule has 1 N–H and O–H groups in total.